The Morgan fingerprint density at radius 1 is 1.36 bits per heavy atom. The summed E-state index contributed by atoms with van der Waals surface area (Å²) in [6, 6.07) is 3.89. The van der Waals surface area contributed by atoms with Crippen molar-refractivity contribution in [1.29, 1.82) is 0 Å². The van der Waals surface area contributed by atoms with E-state index in [-0.39, 0.29) is 11.5 Å². The summed E-state index contributed by atoms with van der Waals surface area (Å²) in [5.74, 6) is 0.0978. The van der Waals surface area contributed by atoms with Gasteiger partial charge in [0.15, 0.2) is 10.9 Å². The quantitative estimate of drug-likeness (QED) is 0.777. The normalized spacial score (nSPS) is 12.0. The molecule has 0 aliphatic carbocycles. The zero-order chi connectivity index (χ0) is 15.5. The van der Waals surface area contributed by atoms with Crippen LogP contribution in [-0.4, -0.2) is 30.5 Å². The highest BCUT2D eigenvalue weighted by Crippen LogP contribution is 2.13. The molecular weight excluding hydrogens is 304 g/mol. The van der Waals surface area contributed by atoms with Crippen LogP contribution in [0, 0.1) is 0 Å². The molecule has 1 N–H and O–H groups in total. The molecule has 0 spiro atoms. The van der Waals surface area contributed by atoms with E-state index in [0.29, 0.717) is 10.9 Å². The molecule has 3 rings (SSSR count). The lowest BCUT2D eigenvalue weighted by Crippen LogP contribution is -2.33. The number of carbonyl (C=O) groups is 1. The number of hydrogen-bond acceptors (Lipinski definition) is 6. The Balaban J connectivity index is 1.88. The Morgan fingerprint density at radius 3 is 2.91 bits per heavy atom. The zero-order valence-electron chi connectivity index (χ0n) is 11.6. The topological polar surface area (TPSA) is 94.7 Å². The van der Waals surface area contributed by atoms with Gasteiger partial charge in [-0.2, -0.15) is 5.10 Å². The standard InChI is InChI=1S/C13H12N6O2S/c1-9(12(21)16-13-14-6-8-22-13)19-11(20)4-3-10(17-19)18-7-2-5-15-18/h2-9H,1H3,(H,14,16,21). The fourth-order valence-electron chi connectivity index (χ4n) is 1.83. The first-order valence-electron chi connectivity index (χ1n) is 6.45. The summed E-state index contributed by atoms with van der Waals surface area (Å²) in [5, 5.41) is 13.1. The van der Waals surface area contributed by atoms with Crippen LogP contribution in [-0.2, 0) is 4.79 Å². The molecule has 112 valence electrons. The monoisotopic (exact) mass is 316 g/mol. The van der Waals surface area contributed by atoms with E-state index in [2.05, 4.69) is 20.5 Å². The summed E-state index contributed by atoms with van der Waals surface area (Å²) >= 11 is 1.30. The molecule has 0 aliphatic rings. The third-order valence-corrected chi connectivity index (χ3v) is 3.65. The van der Waals surface area contributed by atoms with Crippen molar-refractivity contribution in [3.05, 3.63) is 52.5 Å². The van der Waals surface area contributed by atoms with Gasteiger partial charge in [0, 0.05) is 30.0 Å². The summed E-state index contributed by atoms with van der Waals surface area (Å²) in [7, 11) is 0. The number of thiazole rings is 1. The van der Waals surface area contributed by atoms with Crippen LogP contribution in [0.1, 0.15) is 13.0 Å². The van der Waals surface area contributed by atoms with E-state index in [1.807, 2.05) is 0 Å². The molecule has 0 bridgehead atoms. The molecule has 3 aromatic rings. The summed E-state index contributed by atoms with van der Waals surface area (Å²) in [5.41, 5.74) is -0.363. The molecule has 0 radical (unpaired) electrons. The van der Waals surface area contributed by atoms with Crippen LogP contribution in [0.25, 0.3) is 5.82 Å². The maximum atomic E-state index is 12.2. The number of rotatable bonds is 4. The fourth-order valence-corrected chi connectivity index (χ4v) is 2.36. The Morgan fingerprint density at radius 2 is 2.23 bits per heavy atom. The Hall–Kier alpha value is -2.81. The first-order chi connectivity index (χ1) is 10.6. The van der Waals surface area contributed by atoms with Crippen LogP contribution in [0.15, 0.2) is 47.0 Å². The summed E-state index contributed by atoms with van der Waals surface area (Å²) in [6.07, 6.45) is 4.90. The molecule has 0 saturated carbocycles. The van der Waals surface area contributed by atoms with Gasteiger partial charge in [0.1, 0.15) is 6.04 Å². The smallest absolute Gasteiger partial charge is 0.267 e. The average molecular weight is 316 g/mol. The molecule has 1 amide bonds. The highest BCUT2D eigenvalue weighted by Gasteiger charge is 2.19. The molecule has 0 aromatic carbocycles. The Bertz CT molecular complexity index is 825. The van der Waals surface area contributed by atoms with Crippen molar-refractivity contribution in [3.8, 4) is 5.82 Å². The van der Waals surface area contributed by atoms with E-state index in [1.54, 1.807) is 43.0 Å². The van der Waals surface area contributed by atoms with E-state index in [9.17, 15) is 9.59 Å². The van der Waals surface area contributed by atoms with Gasteiger partial charge < -0.3 is 5.32 Å². The van der Waals surface area contributed by atoms with Gasteiger partial charge in [-0.3, -0.25) is 9.59 Å². The van der Waals surface area contributed by atoms with Crippen LogP contribution >= 0.6 is 11.3 Å². The second-order valence-electron chi connectivity index (χ2n) is 4.43. The third-order valence-electron chi connectivity index (χ3n) is 2.96. The van der Waals surface area contributed by atoms with E-state index >= 15 is 0 Å². The van der Waals surface area contributed by atoms with Crippen molar-refractivity contribution in [1.82, 2.24) is 24.5 Å². The minimum Gasteiger partial charge on any atom is -0.300 e. The van der Waals surface area contributed by atoms with Crippen molar-refractivity contribution < 1.29 is 4.79 Å². The van der Waals surface area contributed by atoms with Gasteiger partial charge in [-0.15, -0.1) is 16.4 Å². The summed E-state index contributed by atoms with van der Waals surface area (Å²) in [4.78, 5) is 28.1. The molecule has 22 heavy (non-hydrogen) atoms. The first-order valence-corrected chi connectivity index (χ1v) is 7.33. The molecular formula is C13H12N6O2S. The van der Waals surface area contributed by atoms with Gasteiger partial charge in [0.2, 0.25) is 0 Å². The number of nitrogens with zero attached hydrogens (tertiary/aromatic N) is 5. The molecule has 0 saturated heterocycles. The maximum absolute atomic E-state index is 12.2. The Kier molecular flexibility index (Phi) is 3.79. The van der Waals surface area contributed by atoms with Gasteiger partial charge >= 0.3 is 0 Å². The van der Waals surface area contributed by atoms with Crippen molar-refractivity contribution in [2.45, 2.75) is 13.0 Å². The second kappa shape index (κ2) is 5.90. The lowest BCUT2D eigenvalue weighted by Gasteiger charge is -2.13. The van der Waals surface area contributed by atoms with Crippen molar-refractivity contribution in [2.24, 2.45) is 0 Å². The van der Waals surface area contributed by atoms with Crippen LogP contribution in [0.3, 0.4) is 0 Å². The SMILES string of the molecule is CC(C(=O)Nc1nccs1)n1nc(-n2cccn2)ccc1=O. The molecule has 3 heterocycles. The zero-order valence-corrected chi connectivity index (χ0v) is 12.4. The van der Waals surface area contributed by atoms with Crippen LogP contribution in [0.5, 0.6) is 0 Å². The minimum atomic E-state index is -0.771. The van der Waals surface area contributed by atoms with Crippen molar-refractivity contribution in [3.63, 3.8) is 0 Å². The van der Waals surface area contributed by atoms with Crippen molar-refractivity contribution in [2.75, 3.05) is 5.32 Å². The molecule has 0 aliphatic heterocycles. The molecule has 8 nitrogen and oxygen atoms in total. The number of anilines is 1. The largest absolute Gasteiger partial charge is 0.300 e. The number of amides is 1. The molecule has 1 atom stereocenters. The van der Waals surface area contributed by atoms with Crippen LogP contribution in [0.2, 0.25) is 0 Å². The molecule has 0 fully saturated rings. The highest BCUT2D eigenvalue weighted by atomic mass is 32.1. The van der Waals surface area contributed by atoms with E-state index in [1.165, 1.54) is 22.1 Å². The van der Waals surface area contributed by atoms with Gasteiger partial charge in [-0.05, 0) is 19.1 Å². The van der Waals surface area contributed by atoms with Gasteiger partial charge in [0.25, 0.3) is 11.5 Å². The molecule has 1 unspecified atom stereocenters. The van der Waals surface area contributed by atoms with Gasteiger partial charge in [-0.1, -0.05) is 0 Å². The summed E-state index contributed by atoms with van der Waals surface area (Å²) < 4.78 is 2.64. The molecule has 3 aromatic heterocycles. The number of aromatic nitrogens is 5. The van der Waals surface area contributed by atoms with E-state index in [4.69, 9.17) is 0 Å². The van der Waals surface area contributed by atoms with Gasteiger partial charge in [-0.25, -0.2) is 14.3 Å². The first kappa shape index (κ1) is 14.1. The van der Waals surface area contributed by atoms with E-state index in [0.717, 1.165) is 4.68 Å². The van der Waals surface area contributed by atoms with Crippen molar-refractivity contribution >= 4 is 22.4 Å². The third kappa shape index (κ3) is 2.79. The maximum Gasteiger partial charge on any atom is 0.267 e. The second-order valence-corrected chi connectivity index (χ2v) is 5.32. The fraction of sp³-hybridized carbons (Fsp3) is 0.154. The summed E-state index contributed by atoms with van der Waals surface area (Å²) in [6.45, 7) is 1.60. The lowest BCUT2D eigenvalue weighted by molar-refractivity contribution is -0.119. The minimum absolute atomic E-state index is 0.359. The highest BCUT2D eigenvalue weighted by molar-refractivity contribution is 7.13. The number of carbonyl (C=O) groups excluding carboxylic acids is 1. The average Bonchev–Trinajstić information content (AvgIpc) is 3.20. The molecule has 9 heteroatoms. The number of nitrogens with one attached hydrogen (secondary N) is 1. The van der Waals surface area contributed by atoms with Crippen LogP contribution < -0.4 is 10.9 Å². The lowest BCUT2D eigenvalue weighted by atomic mass is 10.3. The van der Waals surface area contributed by atoms with Crippen LogP contribution in [0.4, 0.5) is 5.13 Å². The predicted octanol–water partition coefficient (Wildman–Crippen LogP) is 1.09. The predicted molar refractivity (Wildman–Crippen MR) is 81.1 cm³/mol. The number of hydrogen-bond donors (Lipinski definition) is 1. The Labute approximate surface area is 129 Å². The van der Waals surface area contributed by atoms with Gasteiger partial charge in [0.05, 0.1) is 0 Å². The van der Waals surface area contributed by atoms with E-state index < -0.39 is 6.04 Å².